The van der Waals surface area contributed by atoms with Crippen molar-refractivity contribution >= 4 is 10.9 Å². The topological polar surface area (TPSA) is 38.7 Å². The van der Waals surface area contributed by atoms with E-state index in [1.54, 1.807) is 12.5 Å². The molecule has 0 radical (unpaired) electrons. The fourth-order valence-electron chi connectivity index (χ4n) is 3.04. The molecule has 0 unspecified atom stereocenters. The molecule has 0 bridgehead atoms. The first-order valence-electron chi connectivity index (χ1n) is 7.09. The third-order valence-electron chi connectivity index (χ3n) is 4.06. The molecule has 0 saturated carbocycles. The molecule has 3 aromatic rings. The van der Waals surface area contributed by atoms with Crippen molar-refractivity contribution in [3.05, 3.63) is 54.1 Å². The monoisotopic (exact) mass is 261 g/mol. The van der Waals surface area contributed by atoms with E-state index in [0.29, 0.717) is 0 Å². The lowest BCUT2D eigenvalue weighted by atomic mass is 9.87. The molecule has 0 amide bonds. The molecule has 1 aromatic carbocycles. The second kappa shape index (κ2) is 4.67. The molecule has 1 aliphatic rings. The summed E-state index contributed by atoms with van der Waals surface area (Å²) < 4.78 is 0. The summed E-state index contributed by atoms with van der Waals surface area (Å²) >= 11 is 0. The van der Waals surface area contributed by atoms with Gasteiger partial charge >= 0.3 is 0 Å². The van der Waals surface area contributed by atoms with Gasteiger partial charge in [-0.15, -0.1) is 0 Å². The Morgan fingerprint density at radius 2 is 1.90 bits per heavy atom. The second-order valence-electron chi connectivity index (χ2n) is 5.30. The normalized spacial score (nSPS) is 14.2. The van der Waals surface area contributed by atoms with Gasteiger partial charge in [-0.2, -0.15) is 0 Å². The minimum atomic E-state index is 0.957. The summed E-state index contributed by atoms with van der Waals surface area (Å²) in [5.74, 6) is 0. The average molecular weight is 261 g/mol. The SMILES string of the molecule is c1cc2c(c(-c3cc4ncncc4cn3)c1)CCCC2. The van der Waals surface area contributed by atoms with Crippen molar-refractivity contribution in [1.29, 1.82) is 0 Å². The van der Waals surface area contributed by atoms with E-state index in [-0.39, 0.29) is 0 Å². The minimum Gasteiger partial charge on any atom is -0.255 e. The Kier molecular flexibility index (Phi) is 2.69. The molecule has 0 aliphatic heterocycles. The van der Waals surface area contributed by atoms with Gasteiger partial charge in [0.2, 0.25) is 0 Å². The number of nitrogens with zero attached hydrogens (tertiary/aromatic N) is 3. The maximum absolute atomic E-state index is 4.61. The van der Waals surface area contributed by atoms with Crippen LogP contribution >= 0.6 is 0 Å². The molecule has 1 aliphatic carbocycles. The van der Waals surface area contributed by atoms with Crippen molar-refractivity contribution in [1.82, 2.24) is 15.0 Å². The molecule has 2 heterocycles. The van der Waals surface area contributed by atoms with Crippen LogP contribution in [0.2, 0.25) is 0 Å². The van der Waals surface area contributed by atoms with Gasteiger partial charge in [0.05, 0.1) is 11.2 Å². The molecule has 4 rings (SSSR count). The molecule has 3 nitrogen and oxygen atoms in total. The molecule has 0 N–H and O–H groups in total. The van der Waals surface area contributed by atoms with E-state index in [0.717, 1.165) is 23.0 Å². The Morgan fingerprint density at radius 1 is 0.950 bits per heavy atom. The van der Waals surface area contributed by atoms with Crippen LogP contribution in [0.3, 0.4) is 0 Å². The largest absolute Gasteiger partial charge is 0.255 e. The van der Waals surface area contributed by atoms with Crippen LogP contribution in [0.25, 0.3) is 22.2 Å². The second-order valence-corrected chi connectivity index (χ2v) is 5.30. The van der Waals surface area contributed by atoms with Gasteiger partial charge < -0.3 is 0 Å². The highest BCUT2D eigenvalue weighted by Crippen LogP contribution is 2.31. The average Bonchev–Trinajstić information content (AvgIpc) is 2.54. The Labute approximate surface area is 117 Å². The number of benzene rings is 1. The maximum Gasteiger partial charge on any atom is 0.116 e. The smallest absolute Gasteiger partial charge is 0.116 e. The highest BCUT2D eigenvalue weighted by molar-refractivity contribution is 5.81. The van der Waals surface area contributed by atoms with E-state index in [1.807, 2.05) is 6.20 Å². The van der Waals surface area contributed by atoms with Gasteiger partial charge in [-0.3, -0.25) is 4.98 Å². The van der Waals surface area contributed by atoms with E-state index >= 15 is 0 Å². The first-order valence-corrected chi connectivity index (χ1v) is 7.09. The lowest BCUT2D eigenvalue weighted by Gasteiger charge is -2.19. The zero-order valence-corrected chi connectivity index (χ0v) is 11.2. The van der Waals surface area contributed by atoms with Crippen molar-refractivity contribution in [2.75, 3.05) is 0 Å². The van der Waals surface area contributed by atoms with Crippen LogP contribution < -0.4 is 0 Å². The molecule has 0 saturated heterocycles. The van der Waals surface area contributed by atoms with Crippen LogP contribution in [-0.2, 0) is 12.8 Å². The number of hydrogen-bond acceptors (Lipinski definition) is 3. The summed E-state index contributed by atoms with van der Waals surface area (Å²) in [6, 6.07) is 8.65. The molecule has 0 atom stereocenters. The summed E-state index contributed by atoms with van der Waals surface area (Å²) in [7, 11) is 0. The molecule has 2 aromatic heterocycles. The van der Waals surface area contributed by atoms with E-state index in [2.05, 4.69) is 39.2 Å². The van der Waals surface area contributed by atoms with Gasteiger partial charge in [-0.1, -0.05) is 18.2 Å². The zero-order valence-electron chi connectivity index (χ0n) is 11.2. The van der Waals surface area contributed by atoms with Gasteiger partial charge in [0.25, 0.3) is 0 Å². The van der Waals surface area contributed by atoms with Gasteiger partial charge in [-0.25, -0.2) is 9.97 Å². The van der Waals surface area contributed by atoms with Gasteiger partial charge in [0.15, 0.2) is 0 Å². The molecule has 3 heteroatoms. The number of hydrogen-bond donors (Lipinski definition) is 0. The maximum atomic E-state index is 4.61. The van der Waals surface area contributed by atoms with Gasteiger partial charge in [-0.05, 0) is 42.9 Å². The molecule has 20 heavy (non-hydrogen) atoms. The Hall–Kier alpha value is -2.29. The van der Waals surface area contributed by atoms with Crippen LogP contribution in [0.15, 0.2) is 43.0 Å². The Morgan fingerprint density at radius 3 is 2.90 bits per heavy atom. The number of pyridine rings is 1. The fourth-order valence-corrected chi connectivity index (χ4v) is 3.04. The number of aromatic nitrogens is 3. The summed E-state index contributed by atoms with van der Waals surface area (Å²) in [6.45, 7) is 0. The van der Waals surface area contributed by atoms with E-state index in [1.165, 1.54) is 36.0 Å². The molecular weight excluding hydrogens is 246 g/mol. The van der Waals surface area contributed by atoms with Crippen LogP contribution in [0, 0.1) is 0 Å². The number of fused-ring (bicyclic) bond motifs is 2. The van der Waals surface area contributed by atoms with E-state index in [9.17, 15) is 0 Å². The molecular formula is C17H15N3. The first kappa shape index (κ1) is 11.5. The lowest BCUT2D eigenvalue weighted by molar-refractivity contribution is 0.686. The van der Waals surface area contributed by atoms with Crippen molar-refractivity contribution in [2.45, 2.75) is 25.7 Å². The van der Waals surface area contributed by atoms with Crippen molar-refractivity contribution in [3.8, 4) is 11.3 Å². The van der Waals surface area contributed by atoms with Crippen LogP contribution in [-0.4, -0.2) is 15.0 Å². The summed E-state index contributed by atoms with van der Waals surface area (Å²) in [4.78, 5) is 13.0. The van der Waals surface area contributed by atoms with Crippen molar-refractivity contribution in [2.24, 2.45) is 0 Å². The molecule has 98 valence electrons. The summed E-state index contributed by atoms with van der Waals surface area (Å²) in [5.41, 5.74) is 6.20. The Bertz CT molecular complexity index is 780. The predicted octanol–water partition coefficient (Wildman–Crippen LogP) is 3.57. The quantitative estimate of drug-likeness (QED) is 0.672. The van der Waals surface area contributed by atoms with Crippen LogP contribution in [0.5, 0.6) is 0 Å². The minimum absolute atomic E-state index is 0.957. The van der Waals surface area contributed by atoms with Crippen molar-refractivity contribution < 1.29 is 0 Å². The first-order chi connectivity index (χ1) is 9.92. The standard InChI is InChI=1S/C17H15N3/c1-2-6-14-12(4-1)5-3-7-15(14)17-8-16-13(10-19-17)9-18-11-20-16/h3,5,7-11H,1-2,4,6H2. The molecule has 0 fully saturated rings. The van der Waals surface area contributed by atoms with Gasteiger partial charge in [0.1, 0.15) is 6.33 Å². The summed E-state index contributed by atoms with van der Waals surface area (Å²) in [5, 5.41) is 0.987. The van der Waals surface area contributed by atoms with Crippen LogP contribution in [0.1, 0.15) is 24.0 Å². The Balaban J connectivity index is 1.90. The number of aryl methyl sites for hydroxylation is 1. The summed E-state index contributed by atoms with van der Waals surface area (Å²) in [6.07, 6.45) is 10.2. The fraction of sp³-hybridized carbons (Fsp3) is 0.235. The third kappa shape index (κ3) is 1.86. The molecule has 0 spiro atoms. The predicted molar refractivity (Wildman–Crippen MR) is 79.4 cm³/mol. The van der Waals surface area contributed by atoms with Crippen molar-refractivity contribution in [3.63, 3.8) is 0 Å². The van der Waals surface area contributed by atoms with Crippen LogP contribution in [0.4, 0.5) is 0 Å². The highest BCUT2D eigenvalue weighted by Gasteiger charge is 2.14. The lowest BCUT2D eigenvalue weighted by Crippen LogP contribution is -2.04. The zero-order chi connectivity index (χ0) is 13.4. The van der Waals surface area contributed by atoms with E-state index in [4.69, 9.17) is 0 Å². The third-order valence-corrected chi connectivity index (χ3v) is 4.06. The van der Waals surface area contributed by atoms with Gasteiger partial charge in [0, 0.05) is 23.3 Å². The number of rotatable bonds is 1. The highest BCUT2D eigenvalue weighted by atomic mass is 14.8. The van der Waals surface area contributed by atoms with E-state index < -0.39 is 0 Å².